The van der Waals surface area contributed by atoms with Crippen LogP contribution in [-0.2, 0) is 16.1 Å². The summed E-state index contributed by atoms with van der Waals surface area (Å²) in [7, 11) is 0. The van der Waals surface area contributed by atoms with Gasteiger partial charge >= 0.3 is 0 Å². The van der Waals surface area contributed by atoms with Crippen LogP contribution in [0.15, 0.2) is 24.3 Å². The maximum Gasteiger partial charge on any atom is 0.289 e. The summed E-state index contributed by atoms with van der Waals surface area (Å²) >= 11 is 1.53. The molecular formula is C18H25N3O2S. The predicted molar refractivity (Wildman–Crippen MR) is 98.1 cm³/mol. The average molecular weight is 347 g/mol. The highest BCUT2D eigenvalue weighted by atomic mass is 32.1. The van der Waals surface area contributed by atoms with E-state index < -0.39 is 17.7 Å². The van der Waals surface area contributed by atoms with Gasteiger partial charge in [0.1, 0.15) is 5.01 Å². The molecule has 5 nitrogen and oxygen atoms in total. The van der Waals surface area contributed by atoms with E-state index >= 15 is 0 Å². The van der Waals surface area contributed by atoms with Gasteiger partial charge in [-0.2, -0.15) is 0 Å². The minimum absolute atomic E-state index is 0.219. The van der Waals surface area contributed by atoms with E-state index in [1.807, 2.05) is 52.0 Å². The van der Waals surface area contributed by atoms with Crippen molar-refractivity contribution in [2.24, 2.45) is 0 Å². The van der Waals surface area contributed by atoms with Crippen LogP contribution in [0.4, 0.5) is 0 Å². The Hall–Kier alpha value is -1.79. The van der Waals surface area contributed by atoms with Gasteiger partial charge in [-0.1, -0.05) is 25.5 Å². The number of nitrogens with zero attached hydrogens (tertiary/aromatic N) is 1. The Labute approximate surface area is 146 Å². The van der Waals surface area contributed by atoms with E-state index in [-0.39, 0.29) is 12.1 Å². The summed E-state index contributed by atoms with van der Waals surface area (Å²) in [6.07, 6.45) is 1.48. The Balaban J connectivity index is 1.97. The molecule has 0 saturated heterocycles. The third-order valence-corrected chi connectivity index (χ3v) is 4.50. The third kappa shape index (κ3) is 5.11. The summed E-state index contributed by atoms with van der Waals surface area (Å²) in [4.78, 5) is 29.1. The Morgan fingerprint density at radius 3 is 2.58 bits per heavy atom. The van der Waals surface area contributed by atoms with Crippen LogP contribution in [0, 0.1) is 0 Å². The summed E-state index contributed by atoms with van der Waals surface area (Å²) in [6, 6.07) is 7.37. The minimum atomic E-state index is -0.551. The fraction of sp³-hybridized carbons (Fsp3) is 0.500. The van der Waals surface area contributed by atoms with Gasteiger partial charge in [-0.15, -0.1) is 11.3 Å². The molecule has 24 heavy (non-hydrogen) atoms. The number of ketones is 1. The van der Waals surface area contributed by atoms with Crippen molar-refractivity contribution in [1.29, 1.82) is 0 Å². The molecule has 0 aliphatic rings. The Bertz CT molecular complexity index is 685. The maximum absolute atomic E-state index is 12.4. The van der Waals surface area contributed by atoms with Crippen LogP contribution < -0.4 is 10.6 Å². The summed E-state index contributed by atoms with van der Waals surface area (Å²) in [5.41, 5.74) is 0.694. The number of benzene rings is 1. The fourth-order valence-electron chi connectivity index (χ4n) is 2.48. The van der Waals surface area contributed by atoms with Crippen LogP contribution in [0.1, 0.15) is 45.5 Å². The van der Waals surface area contributed by atoms with Crippen LogP contribution in [0.3, 0.4) is 0 Å². The van der Waals surface area contributed by atoms with Gasteiger partial charge in [0, 0.05) is 5.54 Å². The zero-order chi connectivity index (χ0) is 17.7. The third-order valence-electron chi connectivity index (χ3n) is 3.46. The highest BCUT2D eigenvalue weighted by molar-refractivity contribution is 7.18. The molecule has 1 amide bonds. The number of nitrogens with one attached hydrogen (secondary N) is 2. The van der Waals surface area contributed by atoms with Crippen molar-refractivity contribution < 1.29 is 9.59 Å². The minimum Gasteiger partial charge on any atom is -0.343 e. The van der Waals surface area contributed by atoms with Crippen LogP contribution in [0.25, 0.3) is 10.2 Å². The van der Waals surface area contributed by atoms with Crippen molar-refractivity contribution in [3.8, 4) is 0 Å². The first kappa shape index (κ1) is 18.5. The number of para-hydroxylation sites is 1. The van der Waals surface area contributed by atoms with Crippen LogP contribution >= 0.6 is 11.3 Å². The Kier molecular flexibility index (Phi) is 6.07. The number of hydrogen-bond acceptors (Lipinski definition) is 5. The van der Waals surface area contributed by atoms with Crippen molar-refractivity contribution in [1.82, 2.24) is 15.6 Å². The quantitative estimate of drug-likeness (QED) is 0.755. The first-order valence-electron chi connectivity index (χ1n) is 8.24. The monoisotopic (exact) mass is 347 g/mol. The summed E-state index contributed by atoms with van der Waals surface area (Å²) in [5.74, 6) is -0.961. The van der Waals surface area contributed by atoms with Gasteiger partial charge in [0.15, 0.2) is 0 Å². The fourth-order valence-corrected chi connectivity index (χ4v) is 3.38. The molecule has 6 heteroatoms. The first-order chi connectivity index (χ1) is 11.3. The van der Waals surface area contributed by atoms with E-state index in [9.17, 15) is 9.59 Å². The Morgan fingerprint density at radius 1 is 1.25 bits per heavy atom. The van der Waals surface area contributed by atoms with Gasteiger partial charge in [0.05, 0.1) is 22.8 Å². The molecule has 0 saturated carbocycles. The molecule has 1 aromatic carbocycles. The highest BCUT2D eigenvalue weighted by Gasteiger charge is 2.27. The van der Waals surface area contributed by atoms with Crippen molar-refractivity contribution >= 4 is 33.2 Å². The maximum atomic E-state index is 12.4. The molecule has 2 N–H and O–H groups in total. The molecule has 130 valence electrons. The molecule has 1 aromatic heterocycles. The molecule has 1 atom stereocenters. The van der Waals surface area contributed by atoms with E-state index in [2.05, 4.69) is 15.6 Å². The smallest absolute Gasteiger partial charge is 0.289 e. The lowest BCUT2D eigenvalue weighted by atomic mass is 10.0. The summed E-state index contributed by atoms with van der Waals surface area (Å²) < 4.78 is 1.08. The zero-order valence-electron chi connectivity index (χ0n) is 14.7. The topological polar surface area (TPSA) is 71.1 Å². The number of amides is 1. The molecule has 0 aliphatic heterocycles. The van der Waals surface area contributed by atoms with E-state index in [1.54, 1.807) is 0 Å². The van der Waals surface area contributed by atoms with Gasteiger partial charge in [-0.3, -0.25) is 9.59 Å². The second-order valence-corrected chi connectivity index (χ2v) is 7.97. The van der Waals surface area contributed by atoms with E-state index in [4.69, 9.17) is 0 Å². The number of carbonyl (C=O) groups excluding carboxylic acids is 2. The normalized spacial score (nSPS) is 13.0. The molecule has 0 radical (unpaired) electrons. The molecule has 1 heterocycles. The van der Waals surface area contributed by atoms with Crippen molar-refractivity contribution in [3.63, 3.8) is 0 Å². The number of rotatable bonds is 7. The number of aromatic nitrogens is 1. The second-order valence-electron chi connectivity index (χ2n) is 6.86. The molecule has 2 rings (SSSR count). The van der Waals surface area contributed by atoms with Gasteiger partial charge in [-0.25, -0.2) is 4.98 Å². The molecule has 2 aromatic rings. The van der Waals surface area contributed by atoms with Crippen LogP contribution in [0.2, 0.25) is 0 Å². The van der Waals surface area contributed by atoms with E-state index in [0.717, 1.165) is 21.6 Å². The van der Waals surface area contributed by atoms with E-state index in [1.165, 1.54) is 11.3 Å². The van der Waals surface area contributed by atoms with E-state index in [0.29, 0.717) is 6.42 Å². The molecule has 1 unspecified atom stereocenters. The van der Waals surface area contributed by atoms with Gasteiger partial charge in [0.25, 0.3) is 5.91 Å². The SMILES string of the molecule is CCCC(NC(C)(C)C)C(=O)C(=O)NCc1nc2ccccc2s1. The van der Waals surface area contributed by atoms with Gasteiger partial charge < -0.3 is 10.6 Å². The molecule has 0 spiro atoms. The summed E-state index contributed by atoms with van der Waals surface area (Å²) in [6.45, 7) is 8.24. The number of thiazole rings is 1. The van der Waals surface area contributed by atoms with Crippen molar-refractivity contribution in [2.45, 2.75) is 58.7 Å². The average Bonchev–Trinajstić information content (AvgIpc) is 2.93. The molecule has 0 fully saturated rings. The lowest BCUT2D eigenvalue weighted by Crippen LogP contribution is -2.51. The first-order valence-corrected chi connectivity index (χ1v) is 9.06. The number of fused-ring (bicyclic) bond motifs is 1. The predicted octanol–water partition coefficient (Wildman–Crippen LogP) is 3.04. The number of carbonyl (C=O) groups is 2. The largest absolute Gasteiger partial charge is 0.343 e. The molecular weight excluding hydrogens is 322 g/mol. The zero-order valence-corrected chi connectivity index (χ0v) is 15.5. The van der Waals surface area contributed by atoms with Gasteiger partial charge in [-0.05, 0) is 39.3 Å². The molecule has 0 aliphatic carbocycles. The van der Waals surface area contributed by atoms with Crippen LogP contribution in [0.5, 0.6) is 0 Å². The van der Waals surface area contributed by atoms with Gasteiger partial charge in [0.2, 0.25) is 5.78 Å². The van der Waals surface area contributed by atoms with Crippen LogP contribution in [-0.4, -0.2) is 28.3 Å². The number of hydrogen-bond donors (Lipinski definition) is 2. The lowest BCUT2D eigenvalue weighted by molar-refractivity contribution is -0.139. The molecule has 0 bridgehead atoms. The van der Waals surface area contributed by atoms with Crippen molar-refractivity contribution in [2.75, 3.05) is 0 Å². The van der Waals surface area contributed by atoms with Crippen molar-refractivity contribution in [3.05, 3.63) is 29.3 Å². The number of Topliss-reactive ketones (excluding diaryl/α,β-unsaturated/α-hetero) is 1. The lowest BCUT2D eigenvalue weighted by Gasteiger charge is -2.27. The second kappa shape index (κ2) is 7.85. The Morgan fingerprint density at radius 2 is 1.96 bits per heavy atom. The summed E-state index contributed by atoms with van der Waals surface area (Å²) in [5, 5.41) is 6.74. The highest BCUT2D eigenvalue weighted by Crippen LogP contribution is 2.21. The standard InChI is InChI=1S/C18H25N3O2S/c1-5-8-13(21-18(2,3)4)16(22)17(23)19-11-15-20-12-9-6-7-10-14(12)24-15/h6-7,9-10,13,21H,5,8,11H2,1-4H3,(H,19,23).